The van der Waals surface area contributed by atoms with Gasteiger partial charge >= 0.3 is 0 Å². The minimum Gasteiger partial charge on any atom is -0.412 e. The smallest absolute Gasteiger partial charge is 0.251 e. The first-order chi connectivity index (χ1) is 11.3. The zero-order valence-corrected chi connectivity index (χ0v) is 13.3. The molecule has 3 aromatic rings. The van der Waals surface area contributed by atoms with Crippen LogP contribution in [0, 0.1) is 0 Å². The second kappa shape index (κ2) is 6.86. The van der Waals surface area contributed by atoms with Gasteiger partial charge in [0.25, 0.3) is 5.91 Å². The summed E-state index contributed by atoms with van der Waals surface area (Å²) in [6.07, 6.45) is 2.04. The number of carbonyl (C=O) groups excluding carboxylic acids is 1. The van der Waals surface area contributed by atoms with Crippen molar-refractivity contribution in [2.75, 3.05) is 13.1 Å². The van der Waals surface area contributed by atoms with Gasteiger partial charge < -0.3 is 21.1 Å². The van der Waals surface area contributed by atoms with Crippen molar-refractivity contribution >= 4 is 16.8 Å². The number of benzene rings is 2. The summed E-state index contributed by atoms with van der Waals surface area (Å²) in [6.45, 7) is 2.32. The van der Waals surface area contributed by atoms with Gasteiger partial charge in [0.15, 0.2) is 0 Å². The van der Waals surface area contributed by atoms with Crippen LogP contribution in [-0.2, 0) is 6.54 Å². The highest BCUT2D eigenvalue weighted by molar-refractivity contribution is 6.08. The summed E-state index contributed by atoms with van der Waals surface area (Å²) in [5, 5.41) is 7.62. The maximum Gasteiger partial charge on any atom is 0.251 e. The minimum atomic E-state index is 0. The molecule has 5 heteroatoms. The van der Waals surface area contributed by atoms with Crippen molar-refractivity contribution in [2.24, 2.45) is 0 Å². The molecule has 1 aromatic heterocycles. The number of H-pyrrole nitrogens is 1. The molecule has 1 aliphatic rings. The molecule has 0 aliphatic carbocycles. The van der Waals surface area contributed by atoms with Gasteiger partial charge in [-0.15, -0.1) is 0 Å². The van der Waals surface area contributed by atoms with E-state index < -0.39 is 0 Å². The third kappa shape index (κ3) is 2.91. The van der Waals surface area contributed by atoms with Gasteiger partial charge in [0.2, 0.25) is 0 Å². The van der Waals surface area contributed by atoms with E-state index in [1.54, 1.807) is 0 Å². The Hall–Kier alpha value is -2.63. The van der Waals surface area contributed by atoms with E-state index in [0.717, 1.165) is 29.6 Å². The maximum atomic E-state index is 12.3. The van der Waals surface area contributed by atoms with E-state index in [9.17, 15) is 4.79 Å². The van der Waals surface area contributed by atoms with E-state index in [4.69, 9.17) is 0 Å². The highest BCUT2D eigenvalue weighted by Gasteiger charge is 2.24. The largest absolute Gasteiger partial charge is 0.412 e. The fourth-order valence-electron chi connectivity index (χ4n) is 3.31. The van der Waals surface area contributed by atoms with Gasteiger partial charge in [-0.1, -0.05) is 36.4 Å². The van der Waals surface area contributed by atoms with Crippen molar-refractivity contribution in [1.29, 1.82) is 0 Å². The van der Waals surface area contributed by atoms with Crippen molar-refractivity contribution in [3.05, 3.63) is 71.4 Å². The van der Waals surface area contributed by atoms with Gasteiger partial charge in [0.05, 0.1) is 0 Å². The van der Waals surface area contributed by atoms with Gasteiger partial charge in [0.1, 0.15) is 0 Å². The molecule has 5 nitrogen and oxygen atoms in total. The fourth-order valence-corrected chi connectivity index (χ4v) is 3.31. The van der Waals surface area contributed by atoms with Gasteiger partial charge in [-0.05, 0) is 23.3 Å². The highest BCUT2D eigenvalue weighted by atomic mass is 16.1. The molecule has 0 saturated heterocycles. The summed E-state index contributed by atoms with van der Waals surface area (Å²) < 4.78 is 0. The Morgan fingerprint density at radius 1 is 1.08 bits per heavy atom. The Balaban J connectivity index is 0.00000169. The molecule has 1 atom stereocenters. The Morgan fingerprint density at radius 3 is 2.75 bits per heavy atom. The average Bonchev–Trinajstić information content (AvgIpc) is 2.96. The third-order valence-electron chi connectivity index (χ3n) is 4.49. The number of aromatic amines is 1. The molecule has 0 fully saturated rings. The third-order valence-corrected chi connectivity index (χ3v) is 4.49. The molecule has 5 N–H and O–H groups in total. The van der Waals surface area contributed by atoms with Gasteiger partial charge in [0, 0.05) is 48.2 Å². The minimum absolute atomic E-state index is 0. The monoisotopic (exact) mass is 323 g/mol. The molecule has 0 saturated carbocycles. The molecule has 1 aliphatic heterocycles. The Kier molecular flexibility index (Phi) is 4.64. The van der Waals surface area contributed by atoms with Crippen molar-refractivity contribution < 1.29 is 10.3 Å². The number of aromatic nitrogens is 1. The lowest BCUT2D eigenvalue weighted by Gasteiger charge is -2.15. The van der Waals surface area contributed by atoms with Crippen LogP contribution < -0.4 is 10.6 Å². The number of hydrogen-bond acceptors (Lipinski definition) is 2. The number of rotatable bonds is 4. The van der Waals surface area contributed by atoms with E-state index >= 15 is 0 Å². The van der Waals surface area contributed by atoms with E-state index in [-0.39, 0.29) is 17.3 Å². The second-order valence-electron chi connectivity index (χ2n) is 6.00. The second-order valence-corrected chi connectivity index (χ2v) is 6.00. The van der Waals surface area contributed by atoms with Gasteiger partial charge in [-0.2, -0.15) is 0 Å². The summed E-state index contributed by atoms with van der Waals surface area (Å²) in [5.74, 6) is 0.280. The molecule has 0 radical (unpaired) electrons. The Bertz CT molecular complexity index is 842. The van der Waals surface area contributed by atoms with E-state index in [2.05, 4.69) is 39.9 Å². The zero-order chi connectivity index (χ0) is 15.6. The standard InChI is InChI=1S/C19H19N3O.H2O/c23-19-15-7-4-8-17-18(15)16(12-21-17)14(11-22-19)10-20-9-13-5-2-1-3-6-13;/h1-8,12,14,20-21H,9-11H2,(H,22,23);1H2. The summed E-state index contributed by atoms with van der Waals surface area (Å²) in [5.41, 5.74) is 4.28. The fraction of sp³-hybridized carbons (Fsp3) is 0.211. The normalized spacial score (nSPS) is 16.3. The van der Waals surface area contributed by atoms with Crippen LogP contribution in [0.25, 0.3) is 10.9 Å². The van der Waals surface area contributed by atoms with Crippen LogP contribution in [0.2, 0.25) is 0 Å². The summed E-state index contributed by atoms with van der Waals surface area (Å²) in [6, 6.07) is 16.2. The number of hydrogen-bond donors (Lipinski definition) is 3. The van der Waals surface area contributed by atoms with Crippen LogP contribution in [0.15, 0.2) is 54.7 Å². The number of nitrogens with one attached hydrogen (secondary N) is 3. The molecule has 1 amide bonds. The molecule has 24 heavy (non-hydrogen) atoms. The number of amides is 1. The molecule has 4 rings (SSSR count). The lowest BCUT2D eigenvalue weighted by atomic mass is 9.97. The molecule has 0 bridgehead atoms. The first-order valence-corrected chi connectivity index (χ1v) is 7.96. The molecular formula is C19H21N3O2. The van der Waals surface area contributed by atoms with E-state index in [0.29, 0.717) is 6.54 Å². The van der Waals surface area contributed by atoms with Crippen LogP contribution >= 0.6 is 0 Å². The molecule has 0 spiro atoms. The maximum absolute atomic E-state index is 12.3. The first-order valence-electron chi connectivity index (χ1n) is 7.96. The van der Waals surface area contributed by atoms with Crippen molar-refractivity contribution in [3.8, 4) is 0 Å². The van der Waals surface area contributed by atoms with Crippen LogP contribution in [0.5, 0.6) is 0 Å². The topological polar surface area (TPSA) is 88.4 Å². The Labute approximate surface area is 140 Å². The first kappa shape index (κ1) is 16.2. The molecule has 1 unspecified atom stereocenters. The zero-order valence-electron chi connectivity index (χ0n) is 13.3. The average molecular weight is 323 g/mol. The van der Waals surface area contributed by atoms with Crippen LogP contribution in [0.4, 0.5) is 0 Å². The summed E-state index contributed by atoms with van der Waals surface area (Å²) in [7, 11) is 0. The molecule has 2 heterocycles. The molecule has 124 valence electrons. The van der Waals surface area contributed by atoms with Crippen LogP contribution in [0.1, 0.15) is 27.4 Å². The predicted octanol–water partition coefficient (Wildman–Crippen LogP) is 1.96. The van der Waals surface area contributed by atoms with E-state index in [1.807, 2.05) is 30.5 Å². The highest BCUT2D eigenvalue weighted by Crippen LogP contribution is 2.30. The van der Waals surface area contributed by atoms with Crippen molar-refractivity contribution in [3.63, 3.8) is 0 Å². The lowest BCUT2D eigenvalue weighted by Crippen LogP contribution is -2.31. The van der Waals surface area contributed by atoms with Crippen molar-refractivity contribution in [2.45, 2.75) is 12.5 Å². The van der Waals surface area contributed by atoms with Crippen molar-refractivity contribution in [1.82, 2.24) is 15.6 Å². The summed E-state index contributed by atoms with van der Waals surface area (Å²) >= 11 is 0. The van der Waals surface area contributed by atoms with Gasteiger partial charge in [-0.25, -0.2) is 0 Å². The quantitative estimate of drug-likeness (QED) is 0.685. The Morgan fingerprint density at radius 2 is 1.92 bits per heavy atom. The predicted molar refractivity (Wildman–Crippen MR) is 95.1 cm³/mol. The van der Waals surface area contributed by atoms with E-state index in [1.165, 1.54) is 11.1 Å². The van der Waals surface area contributed by atoms with Gasteiger partial charge in [-0.3, -0.25) is 4.79 Å². The summed E-state index contributed by atoms with van der Waals surface area (Å²) in [4.78, 5) is 15.6. The molecule has 2 aromatic carbocycles. The number of carbonyl (C=O) groups is 1. The SMILES string of the molecule is O.O=C1NCC(CNCc2ccccc2)c2c[nH]c3cccc1c23. The van der Waals surface area contributed by atoms with Crippen LogP contribution in [0.3, 0.4) is 0 Å². The lowest BCUT2D eigenvalue weighted by molar-refractivity contribution is 0.0954. The molecular weight excluding hydrogens is 302 g/mol. The van der Waals surface area contributed by atoms with Crippen LogP contribution in [-0.4, -0.2) is 29.5 Å².